The SMILES string of the molecule is Cl.O=C(NCC1CNC1)c1ccc(S(=O)(=O)c2ccccc2)s1. The summed E-state index contributed by atoms with van der Waals surface area (Å²) in [6.07, 6.45) is 0. The van der Waals surface area contributed by atoms with Crippen LogP contribution in [0.3, 0.4) is 0 Å². The highest BCUT2D eigenvalue weighted by Gasteiger charge is 2.22. The van der Waals surface area contributed by atoms with Crippen LogP contribution >= 0.6 is 23.7 Å². The average molecular weight is 373 g/mol. The van der Waals surface area contributed by atoms with E-state index in [-0.39, 0.29) is 27.4 Å². The minimum atomic E-state index is -3.55. The summed E-state index contributed by atoms with van der Waals surface area (Å²) in [5.41, 5.74) is 0. The Labute approximate surface area is 145 Å². The highest BCUT2D eigenvalue weighted by molar-refractivity contribution is 7.93. The van der Waals surface area contributed by atoms with Crippen molar-refractivity contribution < 1.29 is 13.2 Å². The minimum Gasteiger partial charge on any atom is -0.351 e. The molecule has 0 atom stereocenters. The Kier molecular flexibility index (Phi) is 5.80. The fourth-order valence-electron chi connectivity index (χ4n) is 2.12. The number of nitrogens with one attached hydrogen (secondary N) is 2. The van der Waals surface area contributed by atoms with E-state index in [1.807, 2.05) is 0 Å². The molecule has 0 spiro atoms. The third kappa shape index (κ3) is 3.92. The molecule has 124 valence electrons. The maximum atomic E-state index is 12.5. The molecule has 2 heterocycles. The summed E-state index contributed by atoms with van der Waals surface area (Å²) in [4.78, 5) is 12.7. The molecule has 0 unspecified atom stereocenters. The predicted octanol–water partition coefficient (Wildman–Crippen LogP) is 1.95. The summed E-state index contributed by atoms with van der Waals surface area (Å²) < 4.78 is 25.1. The Morgan fingerprint density at radius 3 is 2.48 bits per heavy atom. The Balaban J connectivity index is 0.00000192. The molecule has 0 aliphatic carbocycles. The lowest BCUT2D eigenvalue weighted by Crippen LogP contribution is -2.48. The number of rotatable bonds is 5. The van der Waals surface area contributed by atoms with E-state index < -0.39 is 9.84 Å². The van der Waals surface area contributed by atoms with E-state index in [4.69, 9.17) is 0 Å². The molecule has 1 amide bonds. The maximum Gasteiger partial charge on any atom is 0.261 e. The molecule has 1 aromatic heterocycles. The molecule has 1 aromatic carbocycles. The largest absolute Gasteiger partial charge is 0.351 e. The number of carbonyl (C=O) groups excluding carboxylic acids is 1. The molecule has 8 heteroatoms. The first-order valence-corrected chi connectivity index (χ1v) is 9.26. The van der Waals surface area contributed by atoms with Crippen molar-refractivity contribution in [2.45, 2.75) is 9.10 Å². The van der Waals surface area contributed by atoms with E-state index in [1.165, 1.54) is 6.07 Å². The van der Waals surface area contributed by atoms with Crippen molar-refractivity contribution in [2.75, 3.05) is 19.6 Å². The average Bonchev–Trinajstić information content (AvgIpc) is 2.97. The Bertz CT molecular complexity index is 771. The zero-order valence-corrected chi connectivity index (χ0v) is 14.6. The summed E-state index contributed by atoms with van der Waals surface area (Å²) in [6.45, 7) is 2.45. The van der Waals surface area contributed by atoms with Gasteiger partial charge in [0.25, 0.3) is 5.91 Å². The van der Waals surface area contributed by atoms with Gasteiger partial charge in [-0.3, -0.25) is 4.79 Å². The van der Waals surface area contributed by atoms with Crippen LogP contribution in [-0.2, 0) is 9.84 Å². The summed E-state index contributed by atoms with van der Waals surface area (Å²) in [5, 5.41) is 5.98. The normalized spacial score (nSPS) is 14.6. The van der Waals surface area contributed by atoms with Crippen molar-refractivity contribution in [1.82, 2.24) is 10.6 Å². The van der Waals surface area contributed by atoms with Gasteiger partial charge in [-0.15, -0.1) is 23.7 Å². The monoisotopic (exact) mass is 372 g/mol. The first-order chi connectivity index (χ1) is 10.6. The lowest BCUT2D eigenvalue weighted by atomic mass is 10.0. The third-order valence-corrected chi connectivity index (χ3v) is 6.89. The number of amides is 1. The summed E-state index contributed by atoms with van der Waals surface area (Å²) >= 11 is 1.00. The number of hydrogen-bond acceptors (Lipinski definition) is 5. The van der Waals surface area contributed by atoms with E-state index in [0.717, 1.165) is 24.4 Å². The second kappa shape index (κ2) is 7.44. The van der Waals surface area contributed by atoms with E-state index in [0.29, 0.717) is 17.3 Å². The number of sulfone groups is 1. The van der Waals surface area contributed by atoms with Crippen LogP contribution in [0, 0.1) is 5.92 Å². The fourth-order valence-corrected chi connectivity index (χ4v) is 4.76. The van der Waals surface area contributed by atoms with Crippen LogP contribution in [0.25, 0.3) is 0 Å². The fraction of sp³-hybridized carbons (Fsp3) is 0.267. The van der Waals surface area contributed by atoms with Crippen molar-refractivity contribution in [1.29, 1.82) is 0 Å². The molecule has 0 saturated carbocycles. The van der Waals surface area contributed by atoms with Crippen molar-refractivity contribution in [3.05, 3.63) is 47.3 Å². The molecule has 1 fully saturated rings. The Hall–Kier alpha value is -1.41. The molecule has 1 saturated heterocycles. The van der Waals surface area contributed by atoms with Crippen LogP contribution < -0.4 is 10.6 Å². The van der Waals surface area contributed by atoms with Gasteiger partial charge in [0, 0.05) is 25.6 Å². The first kappa shape index (κ1) is 17.9. The van der Waals surface area contributed by atoms with Crippen molar-refractivity contribution in [3.63, 3.8) is 0 Å². The lowest BCUT2D eigenvalue weighted by Gasteiger charge is -2.26. The van der Waals surface area contributed by atoms with Crippen molar-refractivity contribution >= 4 is 39.5 Å². The number of thiophene rings is 1. The van der Waals surface area contributed by atoms with Crippen LogP contribution in [0.4, 0.5) is 0 Å². The van der Waals surface area contributed by atoms with Gasteiger partial charge in [-0.05, 0) is 24.3 Å². The van der Waals surface area contributed by atoms with E-state index in [9.17, 15) is 13.2 Å². The van der Waals surface area contributed by atoms with Gasteiger partial charge < -0.3 is 10.6 Å². The summed E-state index contributed by atoms with van der Waals surface area (Å²) in [5.74, 6) is 0.253. The number of halogens is 1. The molecule has 2 aromatic rings. The topological polar surface area (TPSA) is 75.3 Å². The van der Waals surface area contributed by atoms with Crippen molar-refractivity contribution in [3.8, 4) is 0 Å². The second-order valence-corrected chi connectivity index (χ2v) is 8.43. The highest BCUT2D eigenvalue weighted by Crippen LogP contribution is 2.27. The zero-order chi connectivity index (χ0) is 15.6. The van der Waals surface area contributed by atoms with E-state index in [2.05, 4.69) is 10.6 Å². The van der Waals surface area contributed by atoms with Gasteiger partial charge in [0.1, 0.15) is 4.21 Å². The predicted molar refractivity (Wildman–Crippen MR) is 92.2 cm³/mol. The van der Waals surface area contributed by atoms with Gasteiger partial charge in [-0.2, -0.15) is 0 Å². The minimum absolute atomic E-state index is 0. The van der Waals surface area contributed by atoms with Gasteiger partial charge in [0.2, 0.25) is 9.84 Å². The molecule has 3 rings (SSSR count). The molecule has 5 nitrogen and oxygen atoms in total. The third-order valence-electron chi connectivity index (χ3n) is 3.54. The quantitative estimate of drug-likeness (QED) is 0.841. The molecular formula is C15H17ClN2O3S2. The van der Waals surface area contributed by atoms with E-state index in [1.54, 1.807) is 36.4 Å². The molecule has 0 bridgehead atoms. The highest BCUT2D eigenvalue weighted by atomic mass is 35.5. The maximum absolute atomic E-state index is 12.5. The van der Waals surface area contributed by atoms with Crippen LogP contribution in [-0.4, -0.2) is 34.0 Å². The van der Waals surface area contributed by atoms with Gasteiger partial charge >= 0.3 is 0 Å². The number of benzene rings is 1. The Morgan fingerprint density at radius 1 is 1.17 bits per heavy atom. The standard InChI is InChI=1S/C15H16N2O3S2.ClH/c18-15(17-10-11-8-16-9-11)13-6-7-14(21-13)22(19,20)12-4-2-1-3-5-12;/h1-7,11,16H,8-10H2,(H,17,18);1H. The van der Waals surface area contributed by atoms with Gasteiger partial charge in [-0.1, -0.05) is 18.2 Å². The first-order valence-electron chi connectivity index (χ1n) is 6.96. The van der Waals surface area contributed by atoms with Crippen molar-refractivity contribution in [2.24, 2.45) is 5.92 Å². The molecule has 2 N–H and O–H groups in total. The van der Waals surface area contributed by atoms with Crippen LogP contribution in [0.5, 0.6) is 0 Å². The van der Waals surface area contributed by atoms with Gasteiger partial charge in [0.15, 0.2) is 0 Å². The molecule has 23 heavy (non-hydrogen) atoms. The second-order valence-electron chi connectivity index (χ2n) is 5.17. The zero-order valence-electron chi connectivity index (χ0n) is 12.2. The molecular weight excluding hydrogens is 356 g/mol. The van der Waals surface area contributed by atoms with Gasteiger partial charge in [-0.25, -0.2) is 8.42 Å². The number of carbonyl (C=O) groups is 1. The van der Waals surface area contributed by atoms with Gasteiger partial charge in [0.05, 0.1) is 9.77 Å². The molecule has 1 aliphatic heterocycles. The summed E-state index contributed by atoms with van der Waals surface area (Å²) in [6, 6.07) is 11.3. The molecule has 1 aliphatic rings. The summed E-state index contributed by atoms with van der Waals surface area (Å²) in [7, 11) is -3.55. The van der Waals surface area contributed by atoms with Crippen LogP contribution in [0.2, 0.25) is 0 Å². The van der Waals surface area contributed by atoms with Crippen LogP contribution in [0.1, 0.15) is 9.67 Å². The smallest absolute Gasteiger partial charge is 0.261 e. The molecule has 0 radical (unpaired) electrons. The Morgan fingerprint density at radius 2 is 1.87 bits per heavy atom. The number of hydrogen-bond donors (Lipinski definition) is 2. The van der Waals surface area contributed by atoms with E-state index >= 15 is 0 Å². The van der Waals surface area contributed by atoms with Crippen LogP contribution in [0.15, 0.2) is 51.6 Å². The lowest BCUT2D eigenvalue weighted by molar-refractivity contribution is 0.0946.